The number of nitrogens with one attached hydrogen (secondary N) is 1. The Labute approximate surface area is 195 Å². The summed E-state index contributed by atoms with van der Waals surface area (Å²) in [5.74, 6) is 0.362. The second-order valence-corrected chi connectivity index (χ2v) is 10.1. The van der Waals surface area contributed by atoms with Gasteiger partial charge in [0.2, 0.25) is 0 Å². The van der Waals surface area contributed by atoms with Gasteiger partial charge in [-0.05, 0) is 54.9 Å². The van der Waals surface area contributed by atoms with Gasteiger partial charge in [-0.25, -0.2) is 4.39 Å². The number of alkyl halides is 2. The van der Waals surface area contributed by atoms with Crippen molar-refractivity contribution in [3.05, 3.63) is 70.9 Å². The maximum Gasteiger partial charge on any atom is 0.169 e. The van der Waals surface area contributed by atoms with Crippen molar-refractivity contribution in [3.63, 3.8) is 0 Å². The van der Waals surface area contributed by atoms with Crippen LogP contribution in [0.25, 0.3) is 10.9 Å². The molecule has 1 fully saturated rings. The lowest BCUT2D eigenvalue weighted by Crippen LogP contribution is -2.57. The van der Waals surface area contributed by atoms with Crippen LogP contribution in [-0.4, -0.2) is 48.0 Å². The average Bonchev–Trinajstić information content (AvgIpc) is 3.16. The molecular formula is C28H34F2N2O. The van der Waals surface area contributed by atoms with Gasteiger partial charge < -0.3 is 9.72 Å². The molecule has 1 aromatic heterocycles. The Morgan fingerprint density at radius 3 is 2.73 bits per heavy atom. The van der Waals surface area contributed by atoms with E-state index in [0.29, 0.717) is 18.9 Å². The van der Waals surface area contributed by atoms with E-state index in [-0.39, 0.29) is 32.0 Å². The maximum atomic E-state index is 15.3. The smallest absolute Gasteiger partial charge is 0.169 e. The number of aromatic amines is 1. The number of nitrogens with zero attached hydrogens (tertiary/aromatic N) is 1. The van der Waals surface area contributed by atoms with Gasteiger partial charge in [0.1, 0.15) is 0 Å². The molecule has 0 saturated carbocycles. The summed E-state index contributed by atoms with van der Waals surface area (Å²) in [7, 11) is 0. The highest BCUT2D eigenvalue weighted by molar-refractivity contribution is 5.85. The highest BCUT2D eigenvalue weighted by Crippen LogP contribution is 2.43. The topological polar surface area (TPSA) is 28.3 Å². The van der Waals surface area contributed by atoms with Crippen LogP contribution in [-0.2, 0) is 11.2 Å². The molecule has 0 aliphatic carbocycles. The Bertz CT molecular complexity index is 1110. The predicted octanol–water partition coefficient (Wildman–Crippen LogP) is 6.49. The molecule has 3 heterocycles. The van der Waals surface area contributed by atoms with Crippen LogP contribution in [0, 0.1) is 0 Å². The van der Waals surface area contributed by atoms with Gasteiger partial charge in [-0.2, -0.15) is 0 Å². The van der Waals surface area contributed by atoms with Gasteiger partial charge in [-0.3, -0.25) is 9.29 Å². The van der Waals surface area contributed by atoms with E-state index in [1.165, 1.54) is 27.8 Å². The lowest BCUT2D eigenvalue weighted by Gasteiger charge is -2.46. The maximum absolute atomic E-state index is 15.3. The first-order chi connectivity index (χ1) is 16.0. The second-order valence-electron chi connectivity index (χ2n) is 10.1. The molecule has 2 aromatic carbocycles. The van der Waals surface area contributed by atoms with Crippen molar-refractivity contribution in [2.24, 2.45) is 0 Å². The van der Waals surface area contributed by atoms with Gasteiger partial charge in [-0.15, -0.1) is 0 Å². The minimum atomic E-state index is -1.28. The first-order valence-corrected chi connectivity index (χ1v) is 12.3. The minimum Gasteiger partial charge on any atom is -0.375 e. The summed E-state index contributed by atoms with van der Waals surface area (Å²) < 4.78 is 33.1. The number of para-hydroxylation sites is 1. The molecule has 1 N–H and O–H groups in total. The Balaban J connectivity index is 1.55. The largest absolute Gasteiger partial charge is 0.375 e. The van der Waals surface area contributed by atoms with Crippen molar-refractivity contribution >= 4 is 10.9 Å². The molecule has 5 heteroatoms. The number of hydrogen-bond donors (Lipinski definition) is 1. The number of halogens is 2. The molecule has 0 spiro atoms. The number of unbranched alkanes of at least 4 members (excludes halogenated alkanes) is 1. The molecule has 3 atom stereocenters. The number of ether oxygens (including phenoxy) is 1. The van der Waals surface area contributed by atoms with Crippen molar-refractivity contribution in [2.75, 3.05) is 26.4 Å². The van der Waals surface area contributed by atoms with E-state index in [2.05, 4.69) is 72.3 Å². The SMILES string of the molecule is CC(CCCCF)c1cccc([C@@H]2c3[nH]c4ccccc4c3C[C@@H](C)N2CC2(F)COC2)c1. The number of benzene rings is 2. The standard InChI is InChI=1S/C28H34F2N2O/c1-19(8-5-6-13-29)21-9-7-10-22(15-21)27-26-24(23-11-3-4-12-25(23)31-26)14-20(2)32(27)16-28(30)17-33-18-28/h3-4,7,9-12,15,19-20,27,31H,5-6,8,13-14,16-18H2,1-2H3/t19?,20-,27-/m1/s1. The van der Waals surface area contributed by atoms with Crippen LogP contribution in [0.3, 0.4) is 0 Å². The zero-order valence-electron chi connectivity index (χ0n) is 19.6. The third-order valence-electron chi connectivity index (χ3n) is 7.52. The Kier molecular flexibility index (Phi) is 6.28. The fraction of sp³-hybridized carbons (Fsp3) is 0.500. The summed E-state index contributed by atoms with van der Waals surface area (Å²) >= 11 is 0. The third-order valence-corrected chi connectivity index (χ3v) is 7.52. The van der Waals surface area contributed by atoms with Gasteiger partial charge in [0.25, 0.3) is 0 Å². The van der Waals surface area contributed by atoms with Crippen LogP contribution in [0.5, 0.6) is 0 Å². The van der Waals surface area contributed by atoms with Crippen molar-refractivity contribution in [1.82, 2.24) is 9.88 Å². The van der Waals surface area contributed by atoms with Crippen LogP contribution in [0.15, 0.2) is 48.5 Å². The van der Waals surface area contributed by atoms with Gasteiger partial charge in [0.05, 0.1) is 25.9 Å². The van der Waals surface area contributed by atoms with Gasteiger partial charge in [0, 0.05) is 29.2 Å². The molecule has 5 rings (SSSR count). The van der Waals surface area contributed by atoms with Crippen molar-refractivity contribution in [1.29, 1.82) is 0 Å². The highest BCUT2D eigenvalue weighted by atomic mass is 19.1. The molecule has 1 saturated heterocycles. The van der Waals surface area contributed by atoms with Gasteiger partial charge >= 0.3 is 0 Å². The molecule has 2 aliphatic rings. The summed E-state index contributed by atoms with van der Waals surface area (Å²) in [4.78, 5) is 6.02. The van der Waals surface area contributed by atoms with E-state index in [9.17, 15) is 4.39 Å². The average molecular weight is 453 g/mol. The summed E-state index contributed by atoms with van der Waals surface area (Å²) in [6, 6.07) is 17.4. The lowest BCUT2D eigenvalue weighted by molar-refractivity contribution is -0.147. The predicted molar refractivity (Wildman–Crippen MR) is 129 cm³/mol. The highest BCUT2D eigenvalue weighted by Gasteiger charge is 2.45. The third kappa shape index (κ3) is 4.33. The van der Waals surface area contributed by atoms with Crippen LogP contribution >= 0.6 is 0 Å². The Morgan fingerprint density at radius 1 is 1.15 bits per heavy atom. The molecule has 0 bridgehead atoms. The number of aromatic nitrogens is 1. The fourth-order valence-electron chi connectivity index (χ4n) is 5.60. The lowest BCUT2D eigenvalue weighted by atomic mass is 9.85. The van der Waals surface area contributed by atoms with Gasteiger partial charge in [-0.1, -0.05) is 55.8 Å². The van der Waals surface area contributed by atoms with Crippen molar-refractivity contribution in [2.45, 2.75) is 63.2 Å². The van der Waals surface area contributed by atoms with E-state index < -0.39 is 5.67 Å². The summed E-state index contributed by atoms with van der Waals surface area (Å²) in [5.41, 5.74) is 4.84. The number of hydrogen-bond acceptors (Lipinski definition) is 2. The summed E-state index contributed by atoms with van der Waals surface area (Å²) in [6.45, 7) is 4.89. The molecule has 1 unspecified atom stereocenters. The quantitative estimate of drug-likeness (QED) is 0.396. The number of fused-ring (bicyclic) bond motifs is 3. The van der Waals surface area contributed by atoms with Crippen LogP contribution in [0.1, 0.15) is 67.5 Å². The van der Waals surface area contributed by atoms with E-state index in [4.69, 9.17) is 4.74 Å². The van der Waals surface area contributed by atoms with Crippen LogP contribution in [0.4, 0.5) is 8.78 Å². The molecule has 176 valence electrons. The molecule has 2 aliphatic heterocycles. The fourth-order valence-corrected chi connectivity index (χ4v) is 5.60. The normalized spacial score (nSPS) is 23.3. The summed E-state index contributed by atoms with van der Waals surface area (Å²) in [6.07, 6.45) is 3.38. The van der Waals surface area contributed by atoms with E-state index >= 15 is 4.39 Å². The monoisotopic (exact) mass is 452 g/mol. The number of rotatable bonds is 8. The van der Waals surface area contributed by atoms with E-state index in [1.807, 2.05) is 0 Å². The van der Waals surface area contributed by atoms with E-state index in [1.54, 1.807) is 0 Å². The molecule has 3 nitrogen and oxygen atoms in total. The molecular weight excluding hydrogens is 418 g/mol. The second kappa shape index (κ2) is 9.19. The molecule has 0 amide bonds. The zero-order valence-corrected chi connectivity index (χ0v) is 19.6. The summed E-state index contributed by atoms with van der Waals surface area (Å²) in [5, 5.41) is 1.27. The zero-order chi connectivity index (χ0) is 23.0. The Morgan fingerprint density at radius 2 is 1.97 bits per heavy atom. The molecule has 3 aromatic rings. The number of H-pyrrole nitrogens is 1. The van der Waals surface area contributed by atoms with Gasteiger partial charge in [0.15, 0.2) is 5.67 Å². The van der Waals surface area contributed by atoms with Crippen molar-refractivity contribution in [3.8, 4) is 0 Å². The van der Waals surface area contributed by atoms with Crippen LogP contribution < -0.4 is 0 Å². The van der Waals surface area contributed by atoms with Crippen LogP contribution in [0.2, 0.25) is 0 Å². The molecule has 0 radical (unpaired) electrons. The van der Waals surface area contributed by atoms with E-state index in [0.717, 1.165) is 24.8 Å². The first-order valence-electron chi connectivity index (χ1n) is 12.3. The first kappa shape index (κ1) is 22.5. The molecule has 33 heavy (non-hydrogen) atoms. The minimum absolute atomic E-state index is 0.0395. The van der Waals surface area contributed by atoms with Crippen molar-refractivity contribution < 1.29 is 13.5 Å². The Hall–Kier alpha value is -2.24.